The second kappa shape index (κ2) is 10.5. The van der Waals surface area contributed by atoms with Gasteiger partial charge in [-0.2, -0.15) is 0 Å². The first-order valence-electron chi connectivity index (χ1n) is 13.1. The van der Waals surface area contributed by atoms with Gasteiger partial charge in [0.05, 0.1) is 11.0 Å². The molecule has 0 fully saturated rings. The van der Waals surface area contributed by atoms with Gasteiger partial charge in [0, 0.05) is 28.8 Å². The number of anilines is 1. The van der Waals surface area contributed by atoms with Gasteiger partial charge in [0.2, 0.25) is 5.91 Å². The minimum absolute atomic E-state index is 0.211. The lowest BCUT2D eigenvalue weighted by molar-refractivity contribution is -0.119. The molecule has 0 saturated carbocycles. The Morgan fingerprint density at radius 3 is 2.15 bits per heavy atom. The summed E-state index contributed by atoms with van der Waals surface area (Å²) in [6.07, 6.45) is 3.51. The molecule has 39 heavy (non-hydrogen) atoms. The predicted molar refractivity (Wildman–Crippen MR) is 171 cm³/mol. The Bertz CT molecular complexity index is 1550. The Balaban J connectivity index is 1.59. The third-order valence-electron chi connectivity index (χ3n) is 7.75. The number of ether oxygens (including phenoxy) is 1. The number of hydrogen-bond donors (Lipinski definition) is 2. The van der Waals surface area contributed by atoms with E-state index in [0.717, 1.165) is 33.0 Å². The molecule has 0 aliphatic heterocycles. The van der Waals surface area contributed by atoms with E-state index in [9.17, 15) is 9.59 Å². The molecule has 1 atom stereocenters. The molecule has 0 bridgehead atoms. The highest BCUT2D eigenvalue weighted by atomic mass is 16.5. The van der Waals surface area contributed by atoms with Crippen molar-refractivity contribution in [1.29, 1.82) is 0 Å². The van der Waals surface area contributed by atoms with Crippen LogP contribution >= 0.6 is 0 Å². The number of aromatic nitrogens is 1. The van der Waals surface area contributed by atoms with Gasteiger partial charge in [-0.15, -0.1) is 0 Å². The molecule has 3 aromatic carbocycles. The number of amides is 1. The van der Waals surface area contributed by atoms with Crippen molar-refractivity contribution < 1.29 is 14.3 Å². The summed E-state index contributed by atoms with van der Waals surface area (Å²) in [5, 5.41) is 2.22. The third-order valence-corrected chi connectivity index (χ3v) is 7.75. The maximum absolute atomic E-state index is 13.8. The predicted octanol–water partition coefficient (Wildman–Crippen LogP) is -0.569. The number of nitrogens with two attached hydrogens (primary N) is 1. The van der Waals surface area contributed by atoms with Crippen molar-refractivity contribution in [1.82, 2.24) is 4.98 Å². The Kier molecular flexibility index (Phi) is 7.59. The number of pyridine rings is 1. The first kappa shape index (κ1) is 28.3. The summed E-state index contributed by atoms with van der Waals surface area (Å²) in [4.78, 5) is 30.9. The fraction of sp³-hybridized carbons (Fsp3) is 0.179. The monoisotopic (exact) mass is 513 g/mol. The number of nitrogens with one attached hydrogen (secondary N) is 1. The molecule has 192 valence electrons. The summed E-state index contributed by atoms with van der Waals surface area (Å²) in [6.45, 7) is 3.89. The van der Waals surface area contributed by atoms with E-state index in [1.807, 2.05) is 114 Å². The lowest BCUT2D eigenvalue weighted by Crippen LogP contribution is -2.65. The number of nitrogens with zero attached hydrogens (tertiary/aromatic N) is 1. The smallest absolute Gasteiger partial charge is 0.337 e. The summed E-state index contributed by atoms with van der Waals surface area (Å²) in [5.74, 6) is -0.586. The quantitative estimate of drug-likeness (QED) is 0.256. The van der Waals surface area contributed by atoms with E-state index in [1.165, 1.54) is 0 Å². The molecule has 1 aromatic heterocycles. The first-order chi connectivity index (χ1) is 18.2. The van der Waals surface area contributed by atoms with Crippen molar-refractivity contribution in [3.8, 4) is 0 Å². The zero-order chi connectivity index (χ0) is 28.6. The summed E-state index contributed by atoms with van der Waals surface area (Å²) in [6, 6.07) is 20.9. The van der Waals surface area contributed by atoms with Crippen LogP contribution in [0.5, 0.6) is 0 Å². The zero-order valence-corrected chi connectivity index (χ0v) is 23.8. The second-order valence-electron chi connectivity index (χ2n) is 11.5. The van der Waals surface area contributed by atoms with Crippen molar-refractivity contribution in [2.45, 2.75) is 29.9 Å². The van der Waals surface area contributed by atoms with Gasteiger partial charge in [0.15, 0.2) is 15.7 Å². The highest BCUT2D eigenvalue weighted by molar-refractivity contribution is 6.50. The van der Waals surface area contributed by atoms with E-state index in [1.54, 1.807) is 18.5 Å². The molecule has 0 spiro atoms. The van der Waals surface area contributed by atoms with Gasteiger partial charge >= 0.3 is 5.97 Å². The molecule has 1 amide bonds. The number of aryl methyl sites for hydroxylation is 2. The number of fused-ring (bicyclic) bond motifs is 1. The van der Waals surface area contributed by atoms with Gasteiger partial charge in [0.1, 0.15) is 23.5 Å². The molecule has 4 aromatic rings. The minimum atomic E-state index is -1.06. The Morgan fingerprint density at radius 2 is 1.51 bits per heavy atom. The molecule has 11 heteroatoms. The van der Waals surface area contributed by atoms with Gasteiger partial charge in [-0.05, 0) is 65.5 Å². The number of carbonyl (C=O) groups excluding carboxylic acids is 2. The molecule has 1 unspecified atom stereocenters. The summed E-state index contributed by atoms with van der Waals surface area (Å²) < 4.78 is 5.94. The van der Waals surface area contributed by atoms with E-state index in [0.29, 0.717) is 11.3 Å². The van der Waals surface area contributed by atoms with Crippen molar-refractivity contribution in [3.05, 3.63) is 107 Å². The lowest BCUT2D eigenvalue weighted by Gasteiger charge is -2.41. The number of esters is 1. The topological polar surface area (TPSA) is 94.3 Å². The Hall–Kier alpha value is -3.71. The Labute approximate surface area is 234 Å². The van der Waals surface area contributed by atoms with Crippen LogP contribution in [0, 0.1) is 13.8 Å². The molecule has 4 rings (SSSR count). The van der Waals surface area contributed by atoms with Gasteiger partial charge in [-0.1, -0.05) is 48.0 Å². The van der Waals surface area contributed by atoms with Crippen LogP contribution in [-0.2, 0) is 20.2 Å². The van der Waals surface area contributed by atoms with Crippen LogP contribution in [0.1, 0.15) is 32.6 Å². The summed E-state index contributed by atoms with van der Waals surface area (Å²) in [5.41, 5.74) is 11.4. The van der Waals surface area contributed by atoms with Gasteiger partial charge in [-0.3, -0.25) is 9.78 Å². The van der Waals surface area contributed by atoms with E-state index in [2.05, 4.69) is 10.3 Å². The number of rotatable bonds is 7. The SMILES string of the molecule is BC(B)(OC(=O)c1ccc(C)cc1C)c1ccc(C(B)(C(=O)Nc2ccc3cnccc3c2)C(B)(B)N)cc1. The molecular weight excluding hydrogens is 480 g/mol. The standard InChI is InChI=1S/C28H32B5N3O3/c1-16-3-10-23(17(2)13-16)24(37)39-27(30,31)21-7-5-20(6-8-21)26(29,28(32,33)34)25(38)36-22-9-4-19-15-35-12-11-18(19)14-22/h3-15H,29-34H2,1-2H3,(H,36,38). The van der Waals surface area contributed by atoms with Crippen molar-refractivity contribution in [2.24, 2.45) is 5.73 Å². The molecule has 6 nitrogen and oxygen atoms in total. The summed E-state index contributed by atoms with van der Waals surface area (Å²) in [7, 11) is 9.27. The Morgan fingerprint density at radius 1 is 0.846 bits per heavy atom. The van der Waals surface area contributed by atoms with Gasteiger partial charge < -0.3 is 15.8 Å². The number of hydrogen-bond acceptors (Lipinski definition) is 5. The maximum atomic E-state index is 13.8. The molecule has 0 saturated heterocycles. The van der Waals surface area contributed by atoms with Crippen molar-refractivity contribution in [2.75, 3.05) is 5.32 Å². The van der Waals surface area contributed by atoms with Crippen LogP contribution in [-0.4, -0.2) is 61.4 Å². The lowest BCUT2D eigenvalue weighted by atomic mass is 9.39. The van der Waals surface area contributed by atoms with E-state index in [4.69, 9.17) is 10.5 Å². The maximum Gasteiger partial charge on any atom is 0.337 e. The molecule has 0 aliphatic carbocycles. The van der Waals surface area contributed by atoms with Crippen LogP contribution in [0.2, 0.25) is 0 Å². The first-order valence-corrected chi connectivity index (χ1v) is 13.1. The van der Waals surface area contributed by atoms with Crippen LogP contribution in [0.15, 0.2) is 79.1 Å². The highest BCUT2D eigenvalue weighted by Crippen LogP contribution is 2.32. The van der Waals surface area contributed by atoms with Crippen LogP contribution in [0.25, 0.3) is 10.8 Å². The average molecular weight is 513 g/mol. The molecule has 1 heterocycles. The van der Waals surface area contributed by atoms with Crippen LogP contribution in [0.3, 0.4) is 0 Å². The zero-order valence-electron chi connectivity index (χ0n) is 23.8. The van der Waals surface area contributed by atoms with E-state index in [-0.39, 0.29) is 11.9 Å². The molecule has 3 N–H and O–H groups in total. The second-order valence-corrected chi connectivity index (χ2v) is 11.5. The van der Waals surface area contributed by atoms with Crippen LogP contribution < -0.4 is 11.1 Å². The van der Waals surface area contributed by atoms with E-state index < -0.39 is 16.1 Å². The van der Waals surface area contributed by atoms with Crippen LogP contribution in [0.4, 0.5) is 5.69 Å². The number of carbonyl (C=O) groups is 2. The third kappa shape index (κ3) is 5.69. The van der Waals surface area contributed by atoms with Crippen molar-refractivity contribution >= 4 is 67.6 Å². The van der Waals surface area contributed by atoms with Gasteiger partial charge in [0.25, 0.3) is 0 Å². The molecule has 0 aliphatic rings. The molecular formula is C28H32B5N3O3. The fourth-order valence-corrected chi connectivity index (χ4v) is 4.81. The minimum Gasteiger partial charge on any atom is -0.470 e. The van der Waals surface area contributed by atoms with Crippen molar-refractivity contribution in [3.63, 3.8) is 0 Å². The fourth-order valence-electron chi connectivity index (χ4n) is 4.81. The van der Waals surface area contributed by atoms with E-state index >= 15 is 0 Å². The normalized spacial score (nSPS) is 13.4. The largest absolute Gasteiger partial charge is 0.470 e. The number of benzene rings is 3. The average Bonchev–Trinajstić information content (AvgIpc) is 2.87. The summed E-state index contributed by atoms with van der Waals surface area (Å²) >= 11 is 0. The van der Waals surface area contributed by atoms with Gasteiger partial charge in [-0.25, -0.2) is 4.79 Å². The highest BCUT2D eigenvalue weighted by Gasteiger charge is 2.46. The molecule has 0 radical (unpaired) electrons.